The molecule has 3 rings (SSSR count). The van der Waals surface area contributed by atoms with Crippen LogP contribution in [-0.2, 0) is 9.53 Å². The van der Waals surface area contributed by atoms with Gasteiger partial charge < -0.3 is 4.74 Å². The highest BCUT2D eigenvalue weighted by atomic mass is 35.5. The lowest BCUT2D eigenvalue weighted by Crippen LogP contribution is -2.32. The number of carbonyl (C=O) groups excluding carboxylic acids is 2. The van der Waals surface area contributed by atoms with E-state index in [0.29, 0.717) is 38.4 Å². The third-order valence-electron chi connectivity index (χ3n) is 3.77. The number of nitrogens with one attached hydrogen (secondary N) is 1. The number of carbonyl (C=O) groups is 2. The van der Waals surface area contributed by atoms with Gasteiger partial charge in [0.2, 0.25) is 0 Å². The van der Waals surface area contributed by atoms with Crippen molar-refractivity contribution in [3.63, 3.8) is 0 Å². The Morgan fingerprint density at radius 3 is 2.64 bits per heavy atom. The van der Waals surface area contributed by atoms with Gasteiger partial charge in [0.05, 0.1) is 16.3 Å². The Balaban J connectivity index is 1.68. The van der Waals surface area contributed by atoms with E-state index in [0.717, 1.165) is 0 Å². The van der Waals surface area contributed by atoms with Crippen molar-refractivity contribution in [1.82, 2.24) is 9.97 Å². The molecule has 0 fully saturated rings. The lowest BCUT2D eigenvalue weighted by atomic mass is 10.2. The zero-order chi connectivity index (χ0) is 20.1. The van der Waals surface area contributed by atoms with Crippen LogP contribution in [0.5, 0.6) is 0 Å². The summed E-state index contributed by atoms with van der Waals surface area (Å²) >= 11 is 13.4. The first kappa shape index (κ1) is 20.3. The number of hydrogen-bond donors (Lipinski definition) is 1. The Hall–Kier alpha value is -2.48. The van der Waals surface area contributed by atoms with E-state index in [9.17, 15) is 9.59 Å². The van der Waals surface area contributed by atoms with E-state index in [4.69, 9.17) is 27.9 Å². The molecule has 0 bridgehead atoms. The third kappa shape index (κ3) is 4.86. The number of pyridine rings is 1. The van der Waals surface area contributed by atoms with Gasteiger partial charge in [-0.1, -0.05) is 30.1 Å². The summed E-state index contributed by atoms with van der Waals surface area (Å²) in [5.74, 6) is -1.04. The van der Waals surface area contributed by atoms with E-state index in [1.807, 2.05) is 0 Å². The monoisotopic (exact) mass is 435 g/mol. The highest BCUT2D eigenvalue weighted by molar-refractivity contribution is 7.14. The number of nitrogens with zero attached hydrogens (tertiary/aromatic N) is 2. The van der Waals surface area contributed by atoms with E-state index in [2.05, 4.69) is 15.3 Å². The summed E-state index contributed by atoms with van der Waals surface area (Å²) in [5.41, 5.74) is 1.65. The molecule has 1 aromatic carbocycles. The average Bonchev–Trinajstić information content (AvgIpc) is 3.14. The van der Waals surface area contributed by atoms with Crippen LogP contribution in [0.15, 0.2) is 48.1 Å². The molecule has 1 N–H and O–H groups in total. The second-order valence-electron chi connectivity index (χ2n) is 5.69. The Morgan fingerprint density at radius 1 is 1.21 bits per heavy atom. The van der Waals surface area contributed by atoms with Crippen LogP contribution in [0.25, 0.3) is 11.3 Å². The minimum absolute atomic E-state index is 0.323. The number of aromatic nitrogens is 2. The summed E-state index contributed by atoms with van der Waals surface area (Å²) in [5, 5.41) is 5.83. The Bertz CT molecular complexity index is 995. The molecule has 0 aliphatic heterocycles. The summed E-state index contributed by atoms with van der Waals surface area (Å²) < 4.78 is 5.31. The van der Waals surface area contributed by atoms with E-state index in [-0.39, 0.29) is 0 Å². The van der Waals surface area contributed by atoms with Crippen molar-refractivity contribution >= 4 is 51.5 Å². The molecule has 0 aliphatic carbocycles. The maximum absolute atomic E-state index is 12.5. The largest absolute Gasteiger partial charge is 0.449 e. The van der Waals surface area contributed by atoms with Crippen LogP contribution in [0.4, 0.5) is 5.13 Å². The standard InChI is InChI=1S/C19H15Cl2N3O3S/c1-2-16(27-18(26)11-5-7-22-8-6-11)17(25)24-19-23-15(10-28-19)13-4-3-12(20)9-14(13)21/h3-10,16H,2H2,1H3,(H,23,24,25). The van der Waals surface area contributed by atoms with Crippen molar-refractivity contribution < 1.29 is 14.3 Å². The van der Waals surface area contributed by atoms with Gasteiger partial charge >= 0.3 is 5.97 Å². The van der Waals surface area contributed by atoms with Crippen molar-refractivity contribution in [2.45, 2.75) is 19.4 Å². The van der Waals surface area contributed by atoms with Gasteiger partial charge in [-0.2, -0.15) is 0 Å². The summed E-state index contributed by atoms with van der Waals surface area (Å²) in [6.07, 6.45) is 2.35. The molecule has 3 aromatic rings. The molecule has 144 valence electrons. The maximum Gasteiger partial charge on any atom is 0.339 e. The number of rotatable bonds is 6. The Labute approximate surface area is 175 Å². The van der Waals surface area contributed by atoms with E-state index in [1.165, 1.54) is 35.9 Å². The van der Waals surface area contributed by atoms with Crippen molar-refractivity contribution in [3.8, 4) is 11.3 Å². The number of hydrogen-bond acceptors (Lipinski definition) is 6. The summed E-state index contributed by atoms with van der Waals surface area (Å²) in [4.78, 5) is 32.9. The lowest BCUT2D eigenvalue weighted by molar-refractivity contribution is -0.124. The predicted molar refractivity (Wildman–Crippen MR) is 110 cm³/mol. The number of ether oxygens (including phenoxy) is 1. The summed E-state index contributed by atoms with van der Waals surface area (Å²) in [7, 11) is 0. The van der Waals surface area contributed by atoms with Crippen molar-refractivity contribution in [1.29, 1.82) is 0 Å². The summed E-state index contributed by atoms with van der Waals surface area (Å²) in [6.45, 7) is 1.75. The molecule has 9 heteroatoms. The minimum atomic E-state index is -0.938. The first-order valence-electron chi connectivity index (χ1n) is 8.30. The third-order valence-corrected chi connectivity index (χ3v) is 5.08. The SMILES string of the molecule is CCC(OC(=O)c1ccncc1)C(=O)Nc1nc(-c2ccc(Cl)cc2Cl)cs1. The highest BCUT2D eigenvalue weighted by Crippen LogP contribution is 2.32. The zero-order valence-corrected chi connectivity index (χ0v) is 17.0. The second-order valence-corrected chi connectivity index (χ2v) is 7.39. The minimum Gasteiger partial charge on any atom is -0.449 e. The van der Waals surface area contributed by atoms with Gasteiger partial charge in [0.1, 0.15) is 0 Å². The molecule has 0 saturated heterocycles. The van der Waals surface area contributed by atoms with Crippen molar-refractivity contribution in [3.05, 3.63) is 63.7 Å². The first-order chi connectivity index (χ1) is 13.5. The number of amides is 1. The average molecular weight is 436 g/mol. The second kappa shape index (κ2) is 9.14. The van der Waals surface area contributed by atoms with Gasteiger partial charge in [-0.05, 0) is 36.8 Å². The van der Waals surface area contributed by atoms with Crippen LogP contribution in [0.2, 0.25) is 10.0 Å². The smallest absolute Gasteiger partial charge is 0.339 e. The fraction of sp³-hybridized carbons (Fsp3) is 0.158. The Kier molecular flexibility index (Phi) is 6.61. The molecule has 2 heterocycles. The normalized spacial score (nSPS) is 11.7. The van der Waals surface area contributed by atoms with E-state index < -0.39 is 18.0 Å². The van der Waals surface area contributed by atoms with Crippen LogP contribution in [0.1, 0.15) is 23.7 Å². The van der Waals surface area contributed by atoms with Gasteiger partial charge in [0, 0.05) is 28.4 Å². The number of benzene rings is 1. The van der Waals surface area contributed by atoms with Gasteiger partial charge in [-0.25, -0.2) is 9.78 Å². The van der Waals surface area contributed by atoms with E-state index in [1.54, 1.807) is 30.5 Å². The van der Waals surface area contributed by atoms with Crippen molar-refractivity contribution in [2.24, 2.45) is 0 Å². The lowest BCUT2D eigenvalue weighted by Gasteiger charge is -2.15. The fourth-order valence-corrected chi connectivity index (χ4v) is 3.56. The highest BCUT2D eigenvalue weighted by Gasteiger charge is 2.23. The quantitative estimate of drug-likeness (QED) is 0.545. The number of anilines is 1. The van der Waals surface area contributed by atoms with Crippen LogP contribution < -0.4 is 5.32 Å². The molecule has 6 nitrogen and oxygen atoms in total. The van der Waals surface area contributed by atoms with Gasteiger partial charge in [-0.3, -0.25) is 15.1 Å². The molecule has 28 heavy (non-hydrogen) atoms. The first-order valence-corrected chi connectivity index (χ1v) is 9.94. The Morgan fingerprint density at radius 2 is 1.96 bits per heavy atom. The van der Waals surface area contributed by atoms with Crippen LogP contribution in [0.3, 0.4) is 0 Å². The molecule has 0 saturated carbocycles. The van der Waals surface area contributed by atoms with Crippen LogP contribution in [-0.4, -0.2) is 27.9 Å². The number of halogens is 2. The molecule has 1 unspecified atom stereocenters. The summed E-state index contributed by atoms with van der Waals surface area (Å²) in [6, 6.07) is 8.15. The predicted octanol–water partition coefficient (Wildman–Crippen LogP) is 5.09. The molecule has 2 aromatic heterocycles. The topological polar surface area (TPSA) is 81.2 Å². The molecular formula is C19H15Cl2N3O3S. The molecule has 0 spiro atoms. The van der Waals surface area contributed by atoms with Crippen molar-refractivity contribution in [2.75, 3.05) is 5.32 Å². The molecule has 1 amide bonds. The number of esters is 1. The molecule has 0 radical (unpaired) electrons. The number of thiazole rings is 1. The fourth-order valence-electron chi connectivity index (χ4n) is 2.35. The molecular weight excluding hydrogens is 421 g/mol. The van der Waals surface area contributed by atoms with Crippen LogP contribution >= 0.6 is 34.5 Å². The van der Waals surface area contributed by atoms with Gasteiger partial charge in [0.25, 0.3) is 5.91 Å². The maximum atomic E-state index is 12.5. The van der Waals surface area contributed by atoms with Gasteiger partial charge in [-0.15, -0.1) is 11.3 Å². The zero-order valence-electron chi connectivity index (χ0n) is 14.7. The van der Waals surface area contributed by atoms with Gasteiger partial charge in [0.15, 0.2) is 11.2 Å². The molecule has 0 aliphatic rings. The van der Waals surface area contributed by atoms with E-state index >= 15 is 0 Å². The molecule has 1 atom stereocenters. The van der Waals surface area contributed by atoms with Crippen LogP contribution in [0, 0.1) is 0 Å².